The van der Waals surface area contributed by atoms with Crippen molar-refractivity contribution in [3.63, 3.8) is 0 Å². The molecule has 0 saturated carbocycles. The van der Waals surface area contributed by atoms with Crippen molar-refractivity contribution in [1.82, 2.24) is 9.80 Å². The maximum absolute atomic E-state index is 13.1. The van der Waals surface area contributed by atoms with Crippen molar-refractivity contribution in [3.05, 3.63) is 69.0 Å². The van der Waals surface area contributed by atoms with Gasteiger partial charge in [-0.15, -0.1) is 0 Å². The predicted molar refractivity (Wildman–Crippen MR) is 99.4 cm³/mol. The van der Waals surface area contributed by atoms with Crippen molar-refractivity contribution in [2.45, 2.75) is 13.0 Å². The van der Waals surface area contributed by atoms with Crippen LogP contribution in [0, 0.1) is 5.82 Å². The molecule has 3 rings (SSSR count). The highest BCUT2D eigenvalue weighted by Gasteiger charge is 2.38. The molecule has 27 heavy (non-hydrogen) atoms. The molecule has 0 N–H and O–H groups in total. The van der Waals surface area contributed by atoms with Crippen LogP contribution in [-0.4, -0.2) is 41.1 Å². The lowest BCUT2D eigenvalue weighted by molar-refractivity contribution is -0.132. The second-order valence-electron chi connectivity index (χ2n) is 6.24. The Hall–Kier alpha value is -2.44. The zero-order chi connectivity index (χ0) is 19.9. The smallest absolute Gasteiger partial charge is 0.262 e. The summed E-state index contributed by atoms with van der Waals surface area (Å²) < 4.78 is 13.1. The van der Waals surface area contributed by atoms with Crippen LogP contribution >= 0.6 is 23.2 Å². The number of amides is 3. The normalized spacial score (nSPS) is 14.3. The van der Waals surface area contributed by atoms with Crippen LogP contribution in [0.4, 0.5) is 4.39 Å². The summed E-state index contributed by atoms with van der Waals surface area (Å²) in [5.41, 5.74) is 0.973. The molecule has 1 unspecified atom stereocenters. The van der Waals surface area contributed by atoms with Gasteiger partial charge in [0.15, 0.2) is 0 Å². The fourth-order valence-corrected chi connectivity index (χ4v) is 3.18. The fraction of sp³-hybridized carbons (Fsp3) is 0.211. The van der Waals surface area contributed by atoms with Crippen LogP contribution in [-0.2, 0) is 4.79 Å². The van der Waals surface area contributed by atoms with Gasteiger partial charge in [0.2, 0.25) is 5.91 Å². The fourth-order valence-electron chi connectivity index (χ4n) is 2.86. The summed E-state index contributed by atoms with van der Waals surface area (Å²) in [5, 5.41) is 0.318. The second kappa shape index (κ2) is 7.29. The third-order valence-electron chi connectivity index (χ3n) is 4.63. The molecule has 1 aliphatic rings. The standard InChI is InChI=1S/C19H15Cl2FN2O3/c1-10(11-3-5-12(22)6-4-11)23(2)17(25)9-24-18(26)13-7-15(20)16(21)8-14(13)19(24)27/h3-8,10H,9H2,1-2H3. The van der Waals surface area contributed by atoms with Gasteiger partial charge in [0, 0.05) is 7.05 Å². The van der Waals surface area contributed by atoms with Crippen LogP contribution in [0.15, 0.2) is 36.4 Å². The first-order chi connectivity index (χ1) is 12.7. The van der Waals surface area contributed by atoms with Gasteiger partial charge in [-0.2, -0.15) is 0 Å². The van der Waals surface area contributed by atoms with Crippen LogP contribution in [0.5, 0.6) is 0 Å². The van der Waals surface area contributed by atoms with Crippen LogP contribution in [0.3, 0.4) is 0 Å². The Balaban J connectivity index is 1.77. The van der Waals surface area contributed by atoms with Gasteiger partial charge in [-0.3, -0.25) is 19.3 Å². The van der Waals surface area contributed by atoms with Gasteiger partial charge in [0.25, 0.3) is 11.8 Å². The largest absolute Gasteiger partial charge is 0.337 e. The van der Waals surface area contributed by atoms with Gasteiger partial charge >= 0.3 is 0 Å². The third-order valence-corrected chi connectivity index (χ3v) is 5.35. The highest BCUT2D eigenvalue weighted by Crippen LogP contribution is 2.31. The third kappa shape index (κ3) is 3.55. The summed E-state index contributed by atoms with van der Waals surface area (Å²) >= 11 is 11.8. The van der Waals surface area contributed by atoms with E-state index < -0.39 is 24.3 Å². The summed E-state index contributed by atoms with van der Waals surface area (Å²) in [6.07, 6.45) is 0. The number of nitrogens with zero attached hydrogens (tertiary/aromatic N) is 2. The van der Waals surface area contributed by atoms with Gasteiger partial charge in [0.1, 0.15) is 12.4 Å². The number of fused-ring (bicyclic) bond motifs is 1. The van der Waals surface area contributed by atoms with E-state index in [4.69, 9.17) is 23.2 Å². The first kappa shape index (κ1) is 19.3. The SMILES string of the molecule is CC(c1ccc(F)cc1)N(C)C(=O)CN1C(=O)c2cc(Cl)c(Cl)cc2C1=O. The molecule has 1 atom stereocenters. The van der Waals surface area contributed by atoms with Crippen molar-refractivity contribution in [3.8, 4) is 0 Å². The van der Waals surface area contributed by atoms with Crippen LogP contribution in [0.1, 0.15) is 39.2 Å². The van der Waals surface area contributed by atoms with Crippen LogP contribution < -0.4 is 0 Å². The monoisotopic (exact) mass is 408 g/mol. The van der Waals surface area contributed by atoms with Crippen LogP contribution in [0.2, 0.25) is 10.0 Å². The van der Waals surface area contributed by atoms with E-state index in [2.05, 4.69) is 0 Å². The molecule has 3 amide bonds. The lowest BCUT2D eigenvalue weighted by atomic mass is 10.1. The number of benzene rings is 2. The molecular formula is C19H15Cl2FN2O3. The molecule has 140 valence electrons. The zero-order valence-electron chi connectivity index (χ0n) is 14.5. The molecule has 0 aromatic heterocycles. The number of hydrogen-bond donors (Lipinski definition) is 0. The minimum absolute atomic E-state index is 0.122. The van der Waals surface area contributed by atoms with Crippen molar-refractivity contribution >= 4 is 40.9 Å². The van der Waals surface area contributed by atoms with Gasteiger partial charge in [-0.25, -0.2) is 4.39 Å². The molecule has 1 aliphatic heterocycles. The Bertz CT molecular complexity index is 906. The molecule has 0 bridgehead atoms. The number of carbonyl (C=O) groups is 3. The van der Waals surface area contributed by atoms with Crippen molar-refractivity contribution in [2.75, 3.05) is 13.6 Å². The highest BCUT2D eigenvalue weighted by molar-refractivity contribution is 6.43. The summed E-state index contributed by atoms with van der Waals surface area (Å²) in [4.78, 5) is 39.9. The first-order valence-electron chi connectivity index (χ1n) is 8.07. The Morgan fingerprint density at radius 2 is 1.56 bits per heavy atom. The molecule has 0 saturated heterocycles. The molecule has 2 aromatic carbocycles. The lowest BCUT2D eigenvalue weighted by Crippen LogP contribution is -2.42. The Labute approximate surface area is 165 Å². The van der Waals surface area contributed by atoms with Gasteiger partial charge in [0.05, 0.1) is 27.2 Å². The number of imide groups is 1. The number of hydrogen-bond acceptors (Lipinski definition) is 3. The minimum Gasteiger partial charge on any atom is -0.337 e. The van der Waals surface area contributed by atoms with Crippen LogP contribution in [0.25, 0.3) is 0 Å². The molecule has 5 nitrogen and oxygen atoms in total. The molecule has 0 spiro atoms. The lowest BCUT2D eigenvalue weighted by Gasteiger charge is -2.27. The zero-order valence-corrected chi connectivity index (χ0v) is 16.0. The van der Waals surface area contributed by atoms with E-state index in [0.717, 1.165) is 10.5 Å². The number of rotatable bonds is 4. The van der Waals surface area contributed by atoms with E-state index in [1.54, 1.807) is 26.1 Å². The van der Waals surface area contributed by atoms with Gasteiger partial charge in [-0.1, -0.05) is 35.3 Å². The number of likely N-dealkylation sites (N-methyl/N-ethyl adjacent to an activating group) is 1. The molecule has 0 aliphatic carbocycles. The van der Waals surface area contributed by atoms with E-state index in [1.165, 1.54) is 29.2 Å². The number of carbonyl (C=O) groups excluding carboxylic acids is 3. The Morgan fingerprint density at radius 3 is 2.04 bits per heavy atom. The molecular weight excluding hydrogens is 394 g/mol. The van der Waals surface area contributed by atoms with E-state index in [9.17, 15) is 18.8 Å². The van der Waals surface area contributed by atoms with Gasteiger partial charge < -0.3 is 4.90 Å². The summed E-state index contributed by atoms with van der Waals surface area (Å²) in [6.45, 7) is 1.36. The van der Waals surface area contributed by atoms with E-state index in [-0.39, 0.29) is 33.0 Å². The Kier molecular flexibility index (Phi) is 5.22. The minimum atomic E-state index is -0.593. The quantitative estimate of drug-likeness (QED) is 0.719. The predicted octanol–water partition coefficient (Wildman–Crippen LogP) is 3.95. The summed E-state index contributed by atoms with van der Waals surface area (Å²) in [7, 11) is 1.56. The van der Waals surface area contributed by atoms with E-state index >= 15 is 0 Å². The highest BCUT2D eigenvalue weighted by atomic mass is 35.5. The number of halogens is 3. The van der Waals surface area contributed by atoms with Gasteiger partial charge in [-0.05, 0) is 36.8 Å². The summed E-state index contributed by atoms with van der Waals surface area (Å²) in [5.74, 6) is -1.99. The maximum atomic E-state index is 13.1. The van der Waals surface area contributed by atoms with Crippen molar-refractivity contribution in [2.24, 2.45) is 0 Å². The maximum Gasteiger partial charge on any atom is 0.262 e. The summed E-state index contributed by atoms with van der Waals surface area (Å²) in [6, 6.07) is 8.07. The molecule has 8 heteroatoms. The molecule has 2 aromatic rings. The average molecular weight is 409 g/mol. The average Bonchev–Trinajstić information content (AvgIpc) is 2.86. The second-order valence-corrected chi connectivity index (χ2v) is 7.05. The molecule has 0 fully saturated rings. The van der Waals surface area contributed by atoms with E-state index in [1.807, 2.05) is 0 Å². The van der Waals surface area contributed by atoms with Crippen molar-refractivity contribution in [1.29, 1.82) is 0 Å². The molecule has 0 radical (unpaired) electrons. The van der Waals surface area contributed by atoms with Crippen molar-refractivity contribution < 1.29 is 18.8 Å². The topological polar surface area (TPSA) is 57.7 Å². The van der Waals surface area contributed by atoms with E-state index in [0.29, 0.717) is 0 Å². The molecule has 1 heterocycles. The first-order valence-corrected chi connectivity index (χ1v) is 8.82. The Morgan fingerprint density at radius 1 is 1.07 bits per heavy atom.